The van der Waals surface area contributed by atoms with Crippen LogP contribution in [0.1, 0.15) is 30.7 Å². The van der Waals surface area contributed by atoms with E-state index in [2.05, 4.69) is 30.9 Å². The Morgan fingerprint density at radius 1 is 1.32 bits per heavy atom. The van der Waals surface area contributed by atoms with E-state index in [4.69, 9.17) is 0 Å². The second-order valence-corrected chi connectivity index (χ2v) is 7.67. The van der Waals surface area contributed by atoms with Crippen LogP contribution in [0.2, 0.25) is 0 Å². The minimum atomic E-state index is -0.947. The summed E-state index contributed by atoms with van der Waals surface area (Å²) >= 11 is 0. The maximum atomic E-state index is 11.7. The Balaban J connectivity index is 1.41. The lowest BCUT2D eigenvalue weighted by atomic mass is 10.1. The molecule has 2 amide bonds. The average molecular weight is 425 g/mol. The molecular formula is C21H27N7O3. The Bertz CT molecular complexity index is 1080. The summed E-state index contributed by atoms with van der Waals surface area (Å²) in [6, 6.07) is 8.66. The van der Waals surface area contributed by atoms with E-state index in [1.807, 2.05) is 26.0 Å². The second-order valence-electron chi connectivity index (χ2n) is 7.67. The number of carbonyl (C=O) groups is 1. The average Bonchev–Trinajstić information content (AvgIpc) is 3.35. The van der Waals surface area contributed by atoms with Crippen LogP contribution in [0.5, 0.6) is 5.75 Å². The summed E-state index contributed by atoms with van der Waals surface area (Å²) in [6.07, 6.45) is 1.55. The summed E-state index contributed by atoms with van der Waals surface area (Å²) < 4.78 is 1.64. The minimum Gasteiger partial charge on any atom is -0.508 e. The summed E-state index contributed by atoms with van der Waals surface area (Å²) in [5.74, 6) is 1.29. The Labute approximate surface area is 179 Å². The van der Waals surface area contributed by atoms with Gasteiger partial charge in [0, 0.05) is 31.2 Å². The van der Waals surface area contributed by atoms with Crippen LogP contribution in [0.3, 0.4) is 0 Å². The van der Waals surface area contributed by atoms with Gasteiger partial charge >= 0.3 is 6.03 Å². The first kappa shape index (κ1) is 20.9. The van der Waals surface area contributed by atoms with Crippen LogP contribution in [0, 0.1) is 6.92 Å². The summed E-state index contributed by atoms with van der Waals surface area (Å²) in [4.78, 5) is 18.2. The lowest BCUT2D eigenvalue weighted by molar-refractivity contribution is 0.123. The number of aromatic hydroxyl groups is 1. The number of nitrogens with one attached hydrogen (secondary N) is 3. The standard InChI is InChI=1S/C21H27N7O3/c1-3-22-21(31)25-17-12-28-18(24-17)6-7-19(26-28)27-9-8-14(11-27)23-20(30)15-10-13(2)4-5-16(15)29/h4-7,10,12,14,20,23,29-30H,3,8-9,11H2,1-2H3,(H2,22,25,31)/t14-,20?/m0/s1. The van der Waals surface area contributed by atoms with Gasteiger partial charge in [-0.05, 0) is 44.5 Å². The molecule has 2 atom stereocenters. The Hall–Kier alpha value is -3.37. The molecule has 0 bridgehead atoms. The molecule has 1 aliphatic rings. The first-order chi connectivity index (χ1) is 14.9. The number of amides is 2. The Morgan fingerprint density at radius 2 is 2.16 bits per heavy atom. The molecule has 10 heteroatoms. The Kier molecular flexibility index (Phi) is 5.92. The van der Waals surface area contributed by atoms with E-state index < -0.39 is 6.23 Å². The number of hydrogen-bond donors (Lipinski definition) is 5. The van der Waals surface area contributed by atoms with Gasteiger partial charge in [-0.2, -0.15) is 0 Å². The predicted molar refractivity (Wildman–Crippen MR) is 117 cm³/mol. The number of aryl methyl sites for hydroxylation is 1. The number of fused-ring (bicyclic) bond motifs is 1. The molecule has 1 saturated heterocycles. The van der Waals surface area contributed by atoms with Crippen molar-refractivity contribution in [1.82, 2.24) is 25.2 Å². The number of anilines is 2. The topological polar surface area (TPSA) is 127 Å². The van der Waals surface area contributed by atoms with Gasteiger partial charge in [0.2, 0.25) is 0 Å². The molecule has 164 valence electrons. The molecule has 0 saturated carbocycles. The van der Waals surface area contributed by atoms with Crippen LogP contribution in [0.15, 0.2) is 36.5 Å². The first-order valence-corrected chi connectivity index (χ1v) is 10.3. The number of nitrogens with zero attached hydrogens (tertiary/aromatic N) is 4. The fourth-order valence-electron chi connectivity index (χ4n) is 3.73. The third kappa shape index (κ3) is 4.70. The fraction of sp³-hybridized carbons (Fsp3) is 0.381. The number of benzene rings is 1. The smallest absolute Gasteiger partial charge is 0.320 e. The molecule has 3 aromatic rings. The van der Waals surface area contributed by atoms with Gasteiger partial charge in [-0.15, -0.1) is 5.10 Å². The van der Waals surface area contributed by atoms with Crippen molar-refractivity contribution in [2.75, 3.05) is 29.9 Å². The maximum Gasteiger partial charge on any atom is 0.320 e. The van der Waals surface area contributed by atoms with Crippen molar-refractivity contribution in [3.05, 3.63) is 47.7 Å². The number of carbonyl (C=O) groups excluding carboxylic acids is 1. The molecule has 0 aliphatic carbocycles. The van der Waals surface area contributed by atoms with Crippen molar-refractivity contribution in [3.8, 4) is 5.75 Å². The van der Waals surface area contributed by atoms with Gasteiger partial charge in [-0.25, -0.2) is 14.3 Å². The lowest BCUT2D eigenvalue weighted by Crippen LogP contribution is -2.35. The zero-order valence-corrected chi connectivity index (χ0v) is 17.5. The number of urea groups is 1. The van der Waals surface area contributed by atoms with Crippen molar-refractivity contribution in [1.29, 1.82) is 0 Å². The molecule has 31 heavy (non-hydrogen) atoms. The number of aliphatic hydroxyl groups is 1. The monoisotopic (exact) mass is 425 g/mol. The van der Waals surface area contributed by atoms with Gasteiger partial charge in [0.1, 0.15) is 17.8 Å². The van der Waals surface area contributed by atoms with Gasteiger partial charge in [0.15, 0.2) is 11.5 Å². The molecule has 0 radical (unpaired) electrons. The van der Waals surface area contributed by atoms with Gasteiger partial charge in [0.05, 0.1) is 6.20 Å². The number of imidazole rings is 1. The summed E-state index contributed by atoms with van der Waals surface area (Å²) in [5.41, 5.74) is 2.08. The number of rotatable bonds is 6. The third-order valence-corrected chi connectivity index (χ3v) is 5.27. The molecule has 5 N–H and O–H groups in total. The van der Waals surface area contributed by atoms with E-state index in [1.54, 1.807) is 28.9 Å². The minimum absolute atomic E-state index is 0.0464. The predicted octanol–water partition coefficient (Wildman–Crippen LogP) is 1.74. The quantitative estimate of drug-likeness (QED) is 0.381. The molecule has 1 fully saturated rings. The highest BCUT2D eigenvalue weighted by molar-refractivity contribution is 5.88. The summed E-state index contributed by atoms with van der Waals surface area (Å²) in [6.45, 7) is 5.74. The number of phenolic OH excluding ortho intramolecular Hbond substituents is 1. The van der Waals surface area contributed by atoms with Crippen LogP contribution in [0.25, 0.3) is 5.65 Å². The summed E-state index contributed by atoms with van der Waals surface area (Å²) in [7, 11) is 0. The largest absolute Gasteiger partial charge is 0.508 e. The number of phenols is 1. The van der Waals surface area contributed by atoms with Crippen LogP contribution in [-0.2, 0) is 0 Å². The lowest BCUT2D eigenvalue weighted by Gasteiger charge is -2.21. The molecule has 10 nitrogen and oxygen atoms in total. The Morgan fingerprint density at radius 3 is 2.97 bits per heavy atom. The molecule has 2 aromatic heterocycles. The van der Waals surface area contributed by atoms with E-state index in [0.717, 1.165) is 24.3 Å². The molecule has 0 spiro atoms. The van der Waals surface area contributed by atoms with Gasteiger partial charge < -0.3 is 20.4 Å². The van der Waals surface area contributed by atoms with E-state index >= 15 is 0 Å². The van der Waals surface area contributed by atoms with E-state index in [1.165, 1.54) is 0 Å². The first-order valence-electron chi connectivity index (χ1n) is 10.3. The van der Waals surface area contributed by atoms with Gasteiger partial charge in [-0.3, -0.25) is 10.6 Å². The second kappa shape index (κ2) is 8.78. The fourth-order valence-corrected chi connectivity index (χ4v) is 3.73. The maximum absolute atomic E-state index is 11.7. The SMILES string of the molecule is CCNC(=O)Nc1cn2nc(N3CC[C@H](NC(O)c4cc(C)ccc4O)C3)ccc2n1. The highest BCUT2D eigenvalue weighted by atomic mass is 16.3. The molecule has 1 aromatic carbocycles. The molecular weight excluding hydrogens is 398 g/mol. The molecule has 1 unspecified atom stereocenters. The molecule has 4 rings (SSSR count). The highest BCUT2D eigenvalue weighted by Gasteiger charge is 2.26. The van der Waals surface area contributed by atoms with Crippen molar-refractivity contribution >= 4 is 23.3 Å². The van der Waals surface area contributed by atoms with Crippen LogP contribution >= 0.6 is 0 Å². The molecule has 3 heterocycles. The number of aliphatic hydroxyl groups excluding tert-OH is 1. The third-order valence-electron chi connectivity index (χ3n) is 5.27. The number of aromatic nitrogens is 3. The zero-order chi connectivity index (χ0) is 22.0. The summed E-state index contributed by atoms with van der Waals surface area (Å²) in [5, 5.41) is 33.7. The van der Waals surface area contributed by atoms with Crippen molar-refractivity contribution in [2.24, 2.45) is 0 Å². The van der Waals surface area contributed by atoms with Crippen molar-refractivity contribution in [3.63, 3.8) is 0 Å². The van der Waals surface area contributed by atoms with E-state index in [9.17, 15) is 15.0 Å². The van der Waals surface area contributed by atoms with Crippen molar-refractivity contribution in [2.45, 2.75) is 32.5 Å². The molecule has 1 aliphatic heterocycles. The number of hydrogen-bond acceptors (Lipinski definition) is 7. The van der Waals surface area contributed by atoms with Gasteiger partial charge in [-0.1, -0.05) is 11.6 Å². The van der Waals surface area contributed by atoms with E-state index in [-0.39, 0.29) is 17.8 Å². The van der Waals surface area contributed by atoms with Gasteiger partial charge in [0.25, 0.3) is 0 Å². The highest BCUT2D eigenvalue weighted by Crippen LogP contribution is 2.26. The van der Waals surface area contributed by atoms with E-state index in [0.29, 0.717) is 30.1 Å². The normalized spacial score (nSPS) is 17.1. The zero-order valence-electron chi connectivity index (χ0n) is 17.5. The van der Waals surface area contributed by atoms with Crippen molar-refractivity contribution < 1.29 is 15.0 Å². The van der Waals surface area contributed by atoms with Crippen LogP contribution in [0.4, 0.5) is 16.4 Å². The van der Waals surface area contributed by atoms with Crippen LogP contribution in [-0.4, -0.2) is 56.5 Å². The van der Waals surface area contributed by atoms with Crippen LogP contribution < -0.4 is 20.9 Å².